The first kappa shape index (κ1) is 19.7. The van der Waals surface area contributed by atoms with Gasteiger partial charge in [-0.3, -0.25) is 14.4 Å². The van der Waals surface area contributed by atoms with Crippen molar-refractivity contribution in [1.82, 2.24) is 0 Å². The third-order valence-electron chi connectivity index (χ3n) is 8.08. The van der Waals surface area contributed by atoms with Gasteiger partial charge >= 0.3 is 5.97 Å². The van der Waals surface area contributed by atoms with E-state index in [0.717, 1.165) is 19.1 Å². The fourth-order valence-electron chi connectivity index (χ4n) is 6.81. The molecule has 154 valence electrons. The Morgan fingerprint density at radius 3 is 2.54 bits per heavy atom. The molecule has 0 aromatic heterocycles. The van der Waals surface area contributed by atoms with Gasteiger partial charge in [0, 0.05) is 37.0 Å². The highest BCUT2D eigenvalue weighted by molar-refractivity contribution is 6.08. The summed E-state index contributed by atoms with van der Waals surface area (Å²) in [6.45, 7) is 2.61. The SMILES string of the molecule is COC(=O)[C@]12C(=O)CCC3(OCCO3)[C@H]1CC(=O)[C@@]1(C)[C@H](CC=O)CCC[C@@H]12. The summed E-state index contributed by atoms with van der Waals surface area (Å²) in [6, 6.07) is 0. The molecule has 0 aromatic rings. The Morgan fingerprint density at radius 2 is 1.89 bits per heavy atom. The second kappa shape index (κ2) is 6.73. The van der Waals surface area contributed by atoms with E-state index in [4.69, 9.17) is 14.2 Å². The highest BCUT2D eigenvalue weighted by Gasteiger charge is 2.75. The molecule has 1 spiro atoms. The van der Waals surface area contributed by atoms with Crippen molar-refractivity contribution < 1.29 is 33.4 Å². The molecule has 0 aromatic carbocycles. The second-order valence-electron chi connectivity index (χ2n) is 8.84. The van der Waals surface area contributed by atoms with Crippen molar-refractivity contribution in [3.05, 3.63) is 0 Å². The number of rotatable bonds is 3. The van der Waals surface area contributed by atoms with Crippen LogP contribution in [0, 0.1) is 28.6 Å². The largest absolute Gasteiger partial charge is 0.468 e. The van der Waals surface area contributed by atoms with E-state index in [1.54, 1.807) is 0 Å². The lowest BCUT2D eigenvalue weighted by molar-refractivity contribution is -0.265. The molecule has 1 aliphatic heterocycles. The van der Waals surface area contributed by atoms with Crippen molar-refractivity contribution in [1.29, 1.82) is 0 Å². The van der Waals surface area contributed by atoms with Crippen LogP contribution in [0.2, 0.25) is 0 Å². The molecule has 1 saturated heterocycles. The van der Waals surface area contributed by atoms with E-state index in [-0.39, 0.29) is 36.7 Å². The van der Waals surface area contributed by atoms with Gasteiger partial charge in [-0.25, -0.2) is 0 Å². The maximum Gasteiger partial charge on any atom is 0.320 e. The van der Waals surface area contributed by atoms with Crippen LogP contribution in [-0.2, 0) is 33.4 Å². The summed E-state index contributed by atoms with van der Waals surface area (Å²) < 4.78 is 17.1. The third-order valence-corrected chi connectivity index (χ3v) is 8.08. The average Bonchev–Trinajstić information content (AvgIpc) is 3.16. The molecule has 1 heterocycles. The van der Waals surface area contributed by atoms with E-state index in [0.29, 0.717) is 26.1 Å². The van der Waals surface area contributed by atoms with Crippen LogP contribution in [0.15, 0.2) is 0 Å². The summed E-state index contributed by atoms with van der Waals surface area (Å²) in [5, 5.41) is 0. The molecule has 3 aliphatic carbocycles. The number of carbonyl (C=O) groups excluding carboxylic acids is 4. The van der Waals surface area contributed by atoms with Crippen LogP contribution in [0.25, 0.3) is 0 Å². The van der Waals surface area contributed by atoms with E-state index in [1.165, 1.54) is 7.11 Å². The summed E-state index contributed by atoms with van der Waals surface area (Å²) in [4.78, 5) is 51.6. The Kier molecular flexibility index (Phi) is 4.74. The van der Waals surface area contributed by atoms with Crippen molar-refractivity contribution in [3.8, 4) is 0 Å². The molecular formula is C21H28O7. The Labute approximate surface area is 164 Å². The molecule has 0 bridgehead atoms. The van der Waals surface area contributed by atoms with Crippen LogP contribution >= 0.6 is 0 Å². The molecule has 4 aliphatic rings. The van der Waals surface area contributed by atoms with Crippen LogP contribution < -0.4 is 0 Å². The van der Waals surface area contributed by atoms with Gasteiger partial charge in [-0.1, -0.05) is 13.3 Å². The maximum absolute atomic E-state index is 13.5. The summed E-state index contributed by atoms with van der Waals surface area (Å²) in [7, 11) is 1.29. The first-order chi connectivity index (χ1) is 13.4. The fraction of sp³-hybridized carbons (Fsp3) is 0.810. The smallest absolute Gasteiger partial charge is 0.320 e. The van der Waals surface area contributed by atoms with Gasteiger partial charge in [-0.15, -0.1) is 0 Å². The number of fused-ring (bicyclic) bond motifs is 4. The minimum Gasteiger partial charge on any atom is -0.468 e. The van der Waals surface area contributed by atoms with E-state index in [9.17, 15) is 19.2 Å². The quantitative estimate of drug-likeness (QED) is 0.411. The first-order valence-electron chi connectivity index (χ1n) is 10.2. The maximum atomic E-state index is 13.5. The normalized spacial score (nSPS) is 42.0. The van der Waals surface area contributed by atoms with Crippen LogP contribution in [0.1, 0.15) is 51.9 Å². The molecular weight excluding hydrogens is 364 g/mol. The van der Waals surface area contributed by atoms with E-state index in [1.807, 2.05) is 6.92 Å². The zero-order valence-corrected chi connectivity index (χ0v) is 16.5. The number of aldehydes is 1. The first-order valence-corrected chi connectivity index (χ1v) is 10.2. The Morgan fingerprint density at radius 1 is 1.18 bits per heavy atom. The average molecular weight is 392 g/mol. The van der Waals surface area contributed by atoms with Crippen molar-refractivity contribution in [3.63, 3.8) is 0 Å². The minimum absolute atomic E-state index is 0.00162. The molecule has 4 rings (SSSR count). The topological polar surface area (TPSA) is 96.0 Å². The van der Waals surface area contributed by atoms with Crippen LogP contribution in [0.3, 0.4) is 0 Å². The van der Waals surface area contributed by atoms with Crippen molar-refractivity contribution in [2.75, 3.05) is 20.3 Å². The van der Waals surface area contributed by atoms with Crippen LogP contribution in [-0.4, -0.2) is 49.9 Å². The van der Waals surface area contributed by atoms with Gasteiger partial charge in [-0.2, -0.15) is 0 Å². The van der Waals surface area contributed by atoms with Crippen molar-refractivity contribution in [2.24, 2.45) is 28.6 Å². The number of esters is 1. The number of hydrogen-bond acceptors (Lipinski definition) is 7. The van der Waals surface area contributed by atoms with Gasteiger partial charge < -0.3 is 19.0 Å². The zero-order chi connectivity index (χ0) is 20.2. The molecule has 0 unspecified atom stereocenters. The summed E-state index contributed by atoms with van der Waals surface area (Å²) >= 11 is 0. The number of ketones is 2. The van der Waals surface area contributed by atoms with Gasteiger partial charge in [0.2, 0.25) is 0 Å². The van der Waals surface area contributed by atoms with E-state index in [2.05, 4.69) is 0 Å². The molecule has 5 atom stereocenters. The Hall–Kier alpha value is -1.60. The van der Waals surface area contributed by atoms with Crippen LogP contribution in [0.4, 0.5) is 0 Å². The highest BCUT2D eigenvalue weighted by atomic mass is 16.7. The summed E-state index contributed by atoms with van der Waals surface area (Å²) in [5.74, 6) is -3.21. The fourth-order valence-corrected chi connectivity index (χ4v) is 6.81. The minimum atomic E-state index is -1.46. The lowest BCUT2D eigenvalue weighted by Gasteiger charge is -2.62. The number of methoxy groups -OCH3 is 1. The lowest BCUT2D eigenvalue weighted by atomic mass is 9.40. The van der Waals surface area contributed by atoms with Gasteiger partial charge in [0.25, 0.3) is 0 Å². The van der Waals surface area contributed by atoms with Gasteiger partial charge in [0.1, 0.15) is 17.5 Å². The van der Waals surface area contributed by atoms with Crippen LogP contribution in [0.5, 0.6) is 0 Å². The van der Waals surface area contributed by atoms with E-state index >= 15 is 0 Å². The molecule has 0 N–H and O–H groups in total. The molecule has 3 saturated carbocycles. The third kappa shape index (κ3) is 2.29. The van der Waals surface area contributed by atoms with Crippen molar-refractivity contribution >= 4 is 23.8 Å². The number of hydrogen-bond donors (Lipinski definition) is 0. The molecule has 4 fully saturated rings. The molecule has 7 nitrogen and oxygen atoms in total. The second-order valence-corrected chi connectivity index (χ2v) is 8.84. The predicted molar refractivity (Wildman–Crippen MR) is 96.1 cm³/mol. The van der Waals surface area contributed by atoms with Gasteiger partial charge in [0.15, 0.2) is 11.6 Å². The number of Topliss-reactive ketones (excluding diaryl/α,β-unsaturated/α-hetero) is 2. The number of carbonyl (C=O) groups is 4. The highest BCUT2D eigenvalue weighted by Crippen LogP contribution is 2.66. The summed E-state index contributed by atoms with van der Waals surface area (Å²) in [5.41, 5.74) is -2.36. The van der Waals surface area contributed by atoms with E-state index < -0.39 is 34.4 Å². The van der Waals surface area contributed by atoms with Crippen molar-refractivity contribution in [2.45, 2.75) is 57.7 Å². The predicted octanol–water partition coefficient (Wildman–Crippen LogP) is 1.85. The monoisotopic (exact) mass is 392 g/mol. The van der Waals surface area contributed by atoms with Gasteiger partial charge in [-0.05, 0) is 24.7 Å². The number of ether oxygens (including phenoxy) is 3. The van der Waals surface area contributed by atoms with Gasteiger partial charge in [0.05, 0.1) is 20.3 Å². The Bertz CT molecular complexity index is 700. The summed E-state index contributed by atoms with van der Waals surface area (Å²) in [6.07, 6.45) is 3.72. The molecule has 28 heavy (non-hydrogen) atoms. The lowest BCUT2D eigenvalue weighted by Crippen LogP contribution is -2.71. The zero-order valence-electron chi connectivity index (χ0n) is 16.5. The molecule has 7 heteroatoms. The molecule has 0 radical (unpaired) electrons. The Balaban J connectivity index is 1.91. The standard InChI is InChI=1S/C21H28O7/c1-19-13(7-9-22)4-3-5-14(19)21(18(25)26-2)15(12-17(19)24)20(8-6-16(21)23)27-10-11-28-20/h9,13-15H,3-8,10-12H2,1-2H3/t13-,14-,15+,19-,21-/m0/s1. The molecule has 0 amide bonds.